The molecule has 1 atom stereocenters. The van der Waals surface area contributed by atoms with Gasteiger partial charge in [0.1, 0.15) is 12.6 Å². The van der Waals surface area contributed by atoms with Crippen LogP contribution in [0.1, 0.15) is 44.9 Å². The van der Waals surface area contributed by atoms with E-state index in [1.165, 1.54) is 12.2 Å². The molecule has 1 aliphatic rings. The van der Waals surface area contributed by atoms with Crippen LogP contribution in [0, 0.1) is 0 Å². The summed E-state index contributed by atoms with van der Waals surface area (Å²) in [4.78, 5) is 72.6. The van der Waals surface area contributed by atoms with Crippen molar-refractivity contribution in [3.63, 3.8) is 0 Å². The molecule has 20 nitrogen and oxygen atoms in total. The van der Waals surface area contributed by atoms with Crippen molar-refractivity contribution >= 4 is 35.5 Å². The van der Waals surface area contributed by atoms with Gasteiger partial charge in [0, 0.05) is 51.7 Å². The van der Waals surface area contributed by atoms with Crippen molar-refractivity contribution in [2.45, 2.75) is 51.0 Å². The number of carbonyl (C=O) groups is 6. The van der Waals surface area contributed by atoms with Crippen molar-refractivity contribution in [2.75, 3.05) is 139 Å². The minimum Gasteiger partial charge on any atom is -0.481 e. The van der Waals surface area contributed by atoms with E-state index in [0.29, 0.717) is 118 Å². The Bertz CT molecular complexity index is 1130. The highest BCUT2D eigenvalue weighted by Gasteiger charge is 2.24. The predicted molar refractivity (Wildman–Crippen MR) is 202 cm³/mol. The molecule has 0 aromatic rings. The SMILES string of the molecule is COCCOCCOCCOCCOCCOCCOCCOCCOCC(=O)NCCCC[C@H](NC(=O)CCCN1C(=O)C=CC1=O)C(=O)NCCCC(=O)O. The third kappa shape index (κ3) is 31.1. The fourth-order valence-electron chi connectivity index (χ4n) is 4.76. The van der Waals surface area contributed by atoms with E-state index < -0.39 is 35.6 Å². The zero-order chi connectivity index (χ0) is 41.6. The fourth-order valence-corrected chi connectivity index (χ4v) is 4.76. The molecule has 0 aromatic heterocycles. The molecule has 4 N–H and O–H groups in total. The Labute approximate surface area is 334 Å². The second kappa shape index (κ2) is 36.7. The smallest absolute Gasteiger partial charge is 0.303 e. The average Bonchev–Trinajstić information content (AvgIpc) is 3.51. The van der Waals surface area contributed by atoms with Gasteiger partial charge in [0.05, 0.1) is 106 Å². The maximum absolute atomic E-state index is 12.7. The molecule has 0 radical (unpaired) electrons. The Morgan fingerprint density at radius 2 is 1.04 bits per heavy atom. The van der Waals surface area contributed by atoms with Crippen molar-refractivity contribution in [3.05, 3.63) is 12.2 Å². The molecule has 0 aromatic carbocycles. The van der Waals surface area contributed by atoms with E-state index in [9.17, 15) is 28.8 Å². The molecular formula is C37H64N4O16. The number of ether oxygens (including phenoxy) is 9. The predicted octanol–water partition coefficient (Wildman–Crippen LogP) is -0.777. The molecule has 0 fully saturated rings. The summed E-state index contributed by atoms with van der Waals surface area (Å²) in [6, 6.07) is -0.875. The summed E-state index contributed by atoms with van der Waals surface area (Å²) in [7, 11) is 1.63. The maximum Gasteiger partial charge on any atom is 0.303 e. The van der Waals surface area contributed by atoms with Crippen LogP contribution in [0.15, 0.2) is 12.2 Å². The van der Waals surface area contributed by atoms with Crippen molar-refractivity contribution in [3.8, 4) is 0 Å². The third-order valence-corrected chi connectivity index (χ3v) is 7.72. The minimum atomic E-state index is -0.979. The van der Waals surface area contributed by atoms with Crippen LogP contribution in [0.3, 0.4) is 0 Å². The van der Waals surface area contributed by atoms with E-state index in [4.69, 9.17) is 47.7 Å². The molecule has 0 saturated heterocycles. The zero-order valence-corrected chi connectivity index (χ0v) is 33.3. The van der Waals surface area contributed by atoms with E-state index in [0.717, 1.165) is 4.90 Å². The number of rotatable bonds is 41. The van der Waals surface area contributed by atoms with Crippen molar-refractivity contribution < 1.29 is 76.5 Å². The number of carbonyl (C=O) groups excluding carboxylic acids is 5. The Morgan fingerprint density at radius 3 is 1.51 bits per heavy atom. The molecule has 0 spiro atoms. The van der Waals surface area contributed by atoms with Gasteiger partial charge in [-0.15, -0.1) is 0 Å². The summed E-state index contributed by atoms with van der Waals surface area (Å²) >= 11 is 0. The first kappa shape index (κ1) is 51.4. The third-order valence-electron chi connectivity index (χ3n) is 7.72. The number of imide groups is 1. The van der Waals surface area contributed by atoms with Crippen LogP contribution in [0.5, 0.6) is 0 Å². The topological polar surface area (TPSA) is 245 Å². The van der Waals surface area contributed by atoms with E-state index in [2.05, 4.69) is 16.0 Å². The highest BCUT2D eigenvalue weighted by atomic mass is 16.6. The molecular weight excluding hydrogens is 756 g/mol. The lowest BCUT2D eigenvalue weighted by Gasteiger charge is -2.19. The van der Waals surface area contributed by atoms with Gasteiger partial charge in [0.25, 0.3) is 11.8 Å². The first-order chi connectivity index (χ1) is 27.7. The molecule has 328 valence electrons. The second-order valence-electron chi connectivity index (χ2n) is 12.4. The van der Waals surface area contributed by atoms with Gasteiger partial charge in [0.15, 0.2) is 0 Å². The molecule has 0 bridgehead atoms. The first-order valence-electron chi connectivity index (χ1n) is 19.4. The summed E-state index contributed by atoms with van der Waals surface area (Å²) in [5.41, 5.74) is 0. The van der Waals surface area contributed by atoms with Gasteiger partial charge >= 0.3 is 5.97 Å². The normalized spacial score (nSPS) is 13.0. The molecule has 1 aliphatic heterocycles. The monoisotopic (exact) mass is 820 g/mol. The molecule has 0 unspecified atom stereocenters. The molecule has 0 aliphatic carbocycles. The van der Waals surface area contributed by atoms with Crippen LogP contribution in [-0.2, 0) is 71.4 Å². The van der Waals surface area contributed by atoms with Gasteiger partial charge in [-0.2, -0.15) is 0 Å². The van der Waals surface area contributed by atoms with Crippen molar-refractivity contribution in [1.82, 2.24) is 20.9 Å². The van der Waals surface area contributed by atoms with Gasteiger partial charge < -0.3 is 63.7 Å². The summed E-state index contributed by atoms with van der Waals surface area (Å²) in [5, 5.41) is 16.9. The van der Waals surface area contributed by atoms with Gasteiger partial charge in [-0.1, -0.05) is 0 Å². The number of aliphatic carboxylic acids is 1. The van der Waals surface area contributed by atoms with Gasteiger partial charge in [-0.25, -0.2) is 0 Å². The van der Waals surface area contributed by atoms with Crippen LogP contribution in [0.2, 0.25) is 0 Å². The lowest BCUT2D eigenvalue weighted by molar-refractivity contribution is -0.138. The van der Waals surface area contributed by atoms with Gasteiger partial charge in [-0.05, 0) is 32.1 Å². The number of unbranched alkanes of at least 4 members (excludes halogenated alkanes) is 1. The standard InChI is InChI=1S/C37H64N4O16/c1-49-14-15-50-16-17-51-18-19-52-20-21-53-22-23-54-24-25-55-26-27-56-28-29-57-30-33(43)38-11-3-2-6-31(37(48)39-12-4-8-36(46)47)40-32(42)7-5-13-41-34(44)9-10-35(41)45/h9-10,31H,2-8,11-30H2,1H3,(H,38,43)(H,39,48)(H,40,42)(H,46,47)/t31-/m0/s1. The Balaban J connectivity index is 1.99. The molecule has 0 saturated carbocycles. The second-order valence-corrected chi connectivity index (χ2v) is 12.4. The number of amides is 5. The number of carboxylic acid groups (broad SMARTS) is 1. The molecule has 20 heteroatoms. The summed E-state index contributed by atoms with van der Waals surface area (Å²) in [6.07, 6.45) is 3.99. The van der Waals surface area contributed by atoms with E-state index in [1.54, 1.807) is 7.11 Å². The van der Waals surface area contributed by atoms with Crippen LogP contribution in [0.25, 0.3) is 0 Å². The number of nitrogens with one attached hydrogen (secondary N) is 3. The lowest BCUT2D eigenvalue weighted by Crippen LogP contribution is -2.47. The summed E-state index contributed by atoms with van der Waals surface area (Å²) < 4.78 is 48.1. The van der Waals surface area contributed by atoms with Crippen molar-refractivity contribution in [1.29, 1.82) is 0 Å². The van der Waals surface area contributed by atoms with E-state index in [-0.39, 0.29) is 64.3 Å². The Morgan fingerprint density at radius 1 is 0.579 bits per heavy atom. The van der Waals surface area contributed by atoms with E-state index >= 15 is 0 Å². The van der Waals surface area contributed by atoms with Crippen LogP contribution < -0.4 is 16.0 Å². The molecule has 1 heterocycles. The maximum atomic E-state index is 12.7. The number of nitrogens with zero attached hydrogens (tertiary/aromatic N) is 1. The lowest BCUT2D eigenvalue weighted by atomic mass is 10.1. The largest absolute Gasteiger partial charge is 0.481 e. The number of hydrogen-bond donors (Lipinski definition) is 4. The summed E-state index contributed by atoms with van der Waals surface area (Å²) in [6.45, 7) is 7.55. The van der Waals surface area contributed by atoms with Crippen LogP contribution in [0.4, 0.5) is 0 Å². The van der Waals surface area contributed by atoms with Crippen molar-refractivity contribution in [2.24, 2.45) is 0 Å². The quantitative estimate of drug-likeness (QED) is 0.0437. The number of carboxylic acids is 1. The number of methoxy groups -OCH3 is 1. The van der Waals surface area contributed by atoms with Crippen LogP contribution in [-0.4, -0.2) is 191 Å². The Hall–Kier alpha value is -3.60. The molecule has 57 heavy (non-hydrogen) atoms. The highest BCUT2D eigenvalue weighted by molar-refractivity contribution is 6.12. The van der Waals surface area contributed by atoms with Gasteiger partial charge in [0.2, 0.25) is 17.7 Å². The minimum absolute atomic E-state index is 0.00806. The zero-order valence-electron chi connectivity index (χ0n) is 33.3. The first-order valence-corrected chi connectivity index (χ1v) is 19.4. The van der Waals surface area contributed by atoms with Crippen LogP contribution >= 0.6 is 0 Å². The van der Waals surface area contributed by atoms with E-state index in [1.807, 2.05) is 0 Å². The number of hydrogen-bond acceptors (Lipinski definition) is 15. The van der Waals surface area contributed by atoms with Gasteiger partial charge in [-0.3, -0.25) is 33.7 Å². The fraction of sp³-hybridized carbons (Fsp3) is 0.784. The molecule has 1 rings (SSSR count). The highest BCUT2D eigenvalue weighted by Crippen LogP contribution is 2.07. The Kier molecular flexibility index (Phi) is 33.1. The summed E-state index contributed by atoms with van der Waals surface area (Å²) in [5.74, 6) is -3.03. The molecule has 5 amide bonds. The average molecular weight is 821 g/mol.